The molecule has 0 unspecified atom stereocenters. The van der Waals surface area contributed by atoms with Gasteiger partial charge in [-0.1, -0.05) is 32.0 Å². The quantitative estimate of drug-likeness (QED) is 0.712. The summed E-state index contributed by atoms with van der Waals surface area (Å²) in [5.41, 5.74) is 0.509. The van der Waals surface area contributed by atoms with Gasteiger partial charge < -0.3 is 9.84 Å². The second kappa shape index (κ2) is 7.19. The predicted octanol–water partition coefficient (Wildman–Crippen LogP) is 4.79. The van der Waals surface area contributed by atoms with Crippen LogP contribution < -0.4 is 0 Å². The second-order valence-electron chi connectivity index (χ2n) is 10.9. The van der Waals surface area contributed by atoms with Crippen molar-refractivity contribution < 1.29 is 19.4 Å². The maximum absolute atomic E-state index is 13.0. The normalized spacial score (nSPS) is 45.2. The van der Waals surface area contributed by atoms with Crippen LogP contribution in [0.15, 0.2) is 30.3 Å². The highest BCUT2D eigenvalue weighted by atomic mass is 16.5. The van der Waals surface area contributed by atoms with Gasteiger partial charge in [0.2, 0.25) is 0 Å². The van der Waals surface area contributed by atoms with E-state index in [4.69, 9.17) is 4.74 Å². The van der Waals surface area contributed by atoms with Gasteiger partial charge >= 0.3 is 5.97 Å². The van der Waals surface area contributed by atoms with Crippen LogP contribution in [0, 0.1) is 34.5 Å². The lowest BCUT2D eigenvalue weighted by Gasteiger charge is -2.61. The lowest BCUT2D eigenvalue weighted by atomic mass is 9.44. The molecule has 1 aromatic carbocycles. The molecular formula is C26H34O4. The van der Waals surface area contributed by atoms with Crippen LogP contribution >= 0.6 is 0 Å². The Bertz CT molecular complexity index is 835. The molecule has 162 valence electrons. The van der Waals surface area contributed by atoms with E-state index in [0.29, 0.717) is 35.5 Å². The summed E-state index contributed by atoms with van der Waals surface area (Å²) in [7, 11) is 0. The number of hydrogen-bond acceptors (Lipinski definition) is 4. The first-order chi connectivity index (χ1) is 14.3. The van der Waals surface area contributed by atoms with Crippen LogP contribution in [-0.2, 0) is 9.53 Å². The number of rotatable bonds is 2. The highest BCUT2D eigenvalue weighted by Gasteiger charge is 2.63. The van der Waals surface area contributed by atoms with Crippen molar-refractivity contribution in [2.75, 3.05) is 0 Å². The zero-order valence-electron chi connectivity index (χ0n) is 18.2. The van der Waals surface area contributed by atoms with Crippen LogP contribution in [0.1, 0.15) is 75.6 Å². The maximum atomic E-state index is 13.0. The molecule has 0 heterocycles. The number of carbonyl (C=O) groups excluding carboxylic acids is 2. The van der Waals surface area contributed by atoms with Gasteiger partial charge in [0.1, 0.15) is 11.9 Å². The third-order valence-corrected chi connectivity index (χ3v) is 9.61. The number of Topliss-reactive ketones (excluding diaryl/α,β-unsaturated/α-hetero) is 1. The topological polar surface area (TPSA) is 63.6 Å². The largest absolute Gasteiger partial charge is 0.458 e. The molecule has 1 aromatic rings. The number of carbonyl (C=O) groups is 2. The Hall–Kier alpha value is -1.68. The van der Waals surface area contributed by atoms with Gasteiger partial charge in [0.05, 0.1) is 11.7 Å². The lowest BCUT2D eigenvalue weighted by molar-refractivity contribution is -0.172. The summed E-state index contributed by atoms with van der Waals surface area (Å²) in [4.78, 5) is 25.8. The zero-order chi connectivity index (χ0) is 21.1. The van der Waals surface area contributed by atoms with Gasteiger partial charge in [-0.15, -0.1) is 0 Å². The molecule has 30 heavy (non-hydrogen) atoms. The van der Waals surface area contributed by atoms with Gasteiger partial charge in [0, 0.05) is 17.8 Å². The van der Waals surface area contributed by atoms with Crippen LogP contribution in [0.3, 0.4) is 0 Å². The summed E-state index contributed by atoms with van der Waals surface area (Å²) < 4.78 is 6.23. The molecular weight excluding hydrogens is 376 g/mol. The standard InChI is InChI=1S/C26H34O4/c1-25-12-10-18(27)14-17(25)15-21(30-24(29)16-6-4-3-5-7-16)23-19-8-9-22(28)26(19,2)13-11-20(23)25/h3-7,17-21,23,27H,8-15H2,1-2H3/t17-,18+,19-,20-,21+,23-,25-,26-/m0/s1. The van der Waals surface area contributed by atoms with E-state index in [1.54, 1.807) is 12.1 Å². The molecule has 0 bridgehead atoms. The number of ketones is 1. The molecule has 4 fully saturated rings. The van der Waals surface area contributed by atoms with Crippen molar-refractivity contribution in [3.05, 3.63) is 35.9 Å². The third kappa shape index (κ3) is 2.97. The number of aliphatic hydroxyl groups excluding tert-OH is 1. The second-order valence-corrected chi connectivity index (χ2v) is 10.9. The molecule has 0 saturated heterocycles. The molecule has 1 N–H and O–H groups in total. The Labute approximate surface area is 179 Å². The zero-order valence-corrected chi connectivity index (χ0v) is 18.2. The Balaban J connectivity index is 1.50. The van der Waals surface area contributed by atoms with Crippen molar-refractivity contribution in [3.8, 4) is 0 Å². The average Bonchev–Trinajstić information content (AvgIpc) is 3.04. The average molecular weight is 411 g/mol. The van der Waals surface area contributed by atoms with E-state index in [1.165, 1.54) is 0 Å². The number of ether oxygens (including phenoxy) is 1. The van der Waals surface area contributed by atoms with Gasteiger partial charge in [0.25, 0.3) is 0 Å². The summed E-state index contributed by atoms with van der Waals surface area (Å²) in [6.45, 7) is 4.58. The van der Waals surface area contributed by atoms with Crippen LogP contribution in [0.25, 0.3) is 0 Å². The van der Waals surface area contributed by atoms with Gasteiger partial charge in [-0.05, 0) is 80.2 Å². The fourth-order valence-corrected chi connectivity index (χ4v) is 7.85. The number of fused-ring (bicyclic) bond motifs is 5. The molecule has 8 atom stereocenters. The molecule has 5 rings (SSSR count). The first-order valence-corrected chi connectivity index (χ1v) is 11.8. The summed E-state index contributed by atoms with van der Waals surface area (Å²) in [5.74, 6) is 1.54. The van der Waals surface area contributed by atoms with E-state index in [2.05, 4.69) is 13.8 Å². The summed E-state index contributed by atoms with van der Waals surface area (Å²) in [5, 5.41) is 10.4. The van der Waals surface area contributed by atoms with E-state index >= 15 is 0 Å². The molecule has 4 aliphatic rings. The summed E-state index contributed by atoms with van der Waals surface area (Å²) in [6.07, 6.45) is 6.71. The molecule has 4 saturated carbocycles. The van der Waals surface area contributed by atoms with Crippen LogP contribution in [0.4, 0.5) is 0 Å². The Morgan fingerprint density at radius 2 is 1.80 bits per heavy atom. The highest BCUT2D eigenvalue weighted by molar-refractivity contribution is 5.89. The van der Waals surface area contributed by atoms with Crippen molar-refractivity contribution in [2.24, 2.45) is 34.5 Å². The Morgan fingerprint density at radius 1 is 1.03 bits per heavy atom. The Kier molecular flexibility index (Phi) is 4.85. The number of aliphatic hydroxyl groups is 1. The van der Waals surface area contributed by atoms with E-state index in [0.717, 1.165) is 44.9 Å². The summed E-state index contributed by atoms with van der Waals surface area (Å²) >= 11 is 0. The first-order valence-electron chi connectivity index (χ1n) is 11.8. The fourth-order valence-electron chi connectivity index (χ4n) is 7.85. The number of esters is 1. The lowest BCUT2D eigenvalue weighted by Crippen LogP contribution is -2.59. The minimum absolute atomic E-state index is 0.165. The minimum Gasteiger partial charge on any atom is -0.458 e. The molecule has 4 nitrogen and oxygen atoms in total. The van der Waals surface area contributed by atoms with Crippen LogP contribution in [0.2, 0.25) is 0 Å². The first kappa shape index (κ1) is 20.2. The monoisotopic (exact) mass is 410 g/mol. The molecule has 0 aliphatic heterocycles. The van der Waals surface area contributed by atoms with Gasteiger partial charge in [-0.25, -0.2) is 4.79 Å². The predicted molar refractivity (Wildman–Crippen MR) is 114 cm³/mol. The van der Waals surface area contributed by atoms with Crippen molar-refractivity contribution in [1.29, 1.82) is 0 Å². The molecule has 0 amide bonds. The highest BCUT2D eigenvalue weighted by Crippen LogP contribution is 2.65. The van der Waals surface area contributed by atoms with Gasteiger partial charge in [-0.3, -0.25) is 4.79 Å². The minimum atomic E-state index is -0.254. The van der Waals surface area contributed by atoms with E-state index < -0.39 is 0 Å². The molecule has 0 aromatic heterocycles. The molecule has 0 spiro atoms. The third-order valence-electron chi connectivity index (χ3n) is 9.61. The van der Waals surface area contributed by atoms with E-state index in [-0.39, 0.29) is 34.9 Å². The van der Waals surface area contributed by atoms with Crippen molar-refractivity contribution in [1.82, 2.24) is 0 Å². The van der Waals surface area contributed by atoms with Crippen molar-refractivity contribution in [2.45, 2.75) is 77.4 Å². The van der Waals surface area contributed by atoms with Gasteiger partial charge in [-0.2, -0.15) is 0 Å². The number of benzene rings is 1. The van der Waals surface area contributed by atoms with Crippen molar-refractivity contribution >= 4 is 11.8 Å². The fraction of sp³-hybridized carbons (Fsp3) is 0.692. The molecule has 4 heteroatoms. The molecule has 4 aliphatic carbocycles. The summed E-state index contributed by atoms with van der Waals surface area (Å²) in [6, 6.07) is 9.24. The van der Waals surface area contributed by atoms with Crippen LogP contribution in [-0.4, -0.2) is 29.1 Å². The maximum Gasteiger partial charge on any atom is 0.338 e. The molecule has 0 radical (unpaired) electrons. The van der Waals surface area contributed by atoms with E-state index in [9.17, 15) is 14.7 Å². The smallest absolute Gasteiger partial charge is 0.338 e. The number of hydrogen-bond donors (Lipinski definition) is 1. The SMILES string of the molecule is C[C@]12CC[C@@H](O)C[C@H]1C[C@@H](OC(=O)c1ccccc1)[C@@H]1[C@@H]2CC[C@]2(C)C(=O)CC[C@@H]12. The Morgan fingerprint density at radius 3 is 2.57 bits per heavy atom. The van der Waals surface area contributed by atoms with Gasteiger partial charge in [0.15, 0.2) is 0 Å². The van der Waals surface area contributed by atoms with E-state index in [1.807, 2.05) is 18.2 Å². The van der Waals surface area contributed by atoms with Crippen molar-refractivity contribution in [3.63, 3.8) is 0 Å². The van der Waals surface area contributed by atoms with Crippen LogP contribution in [0.5, 0.6) is 0 Å².